The molecule has 2 saturated heterocycles. The minimum absolute atomic E-state index is 0.247. The topological polar surface area (TPSA) is 103 Å². The molecule has 0 radical (unpaired) electrons. The van der Waals surface area contributed by atoms with E-state index in [1.54, 1.807) is 4.90 Å². The van der Waals surface area contributed by atoms with Gasteiger partial charge < -0.3 is 19.4 Å². The lowest BCUT2D eigenvalue weighted by molar-refractivity contribution is -0.128. The first kappa shape index (κ1) is 25.1. The number of anilines is 2. The van der Waals surface area contributed by atoms with Crippen molar-refractivity contribution in [1.82, 2.24) is 4.90 Å². The summed E-state index contributed by atoms with van der Waals surface area (Å²) in [6.07, 6.45) is 1.95. The zero-order chi connectivity index (χ0) is 25.6. The van der Waals surface area contributed by atoms with Crippen LogP contribution in [-0.2, 0) is 24.1 Å². The summed E-state index contributed by atoms with van der Waals surface area (Å²) >= 11 is 0. The van der Waals surface area contributed by atoms with Crippen LogP contribution in [0.25, 0.3) is 0 Å². The van der Waals surface area contributed by atoms with Crippen molar-refractivity contribution in [3.63, 3.8) is 0 Å². The fourth-order valence-corrected chi connectivity index (χ4v) is 6.58. The third-order valence-electron chi connectivity index (χ3n) is 7.37. The van der Waals surface area contributed by atoms with E-state index < -0.39 is 14.9 Å². The number of hydrogen-bond acceptors (Lipinski definition) is 8. The second-order valence-corrected chi connectivity index (χ2v) is 13.0. The van der Waals surface area contributed by atoms with Gasteiger partial charge in [-0.05, 0) is 35.9 Å². The fraction of sp³-hybridized carbons (Fsp3) is 0.440. The van der Waals surface area contributed by atoms with Crippen molar-refractivity contribution in [2.24, 2.45) is 4.99 Å². The second-order valence-electron chi connectivity index (χ2n) is 9.67. The van der Waals surface area contributed by atoms with Crippen LogP contribution in [0.15, 0.2) is 53.5 Å². The van der Waals surface area contributed by atoms with Crippen LogP contribution < -0.4 is 9.80 Å². The minimum atomic E-state index is -4.21. The lowest BCUT2D eigenvalue weighted by Crippen LogP contribution is -2.54. The maximum Gasteiger partial charge on any atom is 0.320 e. The van der Waals surface area contributed by atoms with E-state index >= 15 is 0 Å². The molecule has 0 spiro atoms. The van der Waals surface area contributed by atoms with Gasteiger partial charge in [0, 0.05) is 60.3 Å². The van der Waals surface area contributed by atoms with Crippen LogP contribution in [0.5, 0.6) is 0 Å². The Balaban J connectivity index is 1.24. The number of fused-ring (bicyclic) bond motifs is 3. The molecule has 0 bridgehead atoms. The van der Waals surface area contributed by atoms with E-state index in [9.17, 15) is 13.2 Å². The smallest absolute Gasteiger partial charge is 0.320 e. The van der Waals surface area contributed by atoms with E-state index in [4.69, 9.17) is 14.3 Å². The van der Waals surface area contributed by atoms with Gasteiger partial charge in [0.05, 0.1) is 24.3 Å². The van der Waals surface area contributed by atoms with Gasteiger partial charge in [0.15, 0.2) is 5.72 Å². The Labute approximate surface area is 215 Å². The predicted molar refractivity (Wildman–Crippen MR) is 143 cm³/mol. The molecule has 0 aliphatic carbocycles. The van der Waals surface area contributed by atoms with Crippen molar-refractivity contribution < 1.29 is 22.5 Å². The van der Waals surface area contributed by atoms with Crippen molar-refractivity contribution in [3.05, 3.63) is 54.1 Å². The molecule has 1 atom stereocenters. The summed E-state index contributed by atoms with van der Waals surface area (Å²) in [5.41, 5.74) is 3.48. The number of rotatable bonds is 6. The van der Waals surface area contributed by atoms with Crippen LogP contribution in [0.2, 0.25) is 0 Å². The van der Waals surface area contributed by atoms with Crippen molar-refractivity contribution in [2.45, 2.75) is 25.0 Å². The van der Waals surface area contributed by atoms with Gasteiger partial charge in [0.2, 0.25) is 5.91 Å². The van der Waals surface area contributed by atoms with E-state index in [1.807, 2.05) is 30.5 Å². The monoisotopic (exact) mass is 530 g/mol. The van der Waals surface area contributed by atoms with Crippen LogP contribution in [0.4, 0.5) is 17.1 Å². The van der Waals surface area contributed by atoms with E-state index in [0.717, 1.165) is 17.9 Å². The lowest BCUT2D eigenvalue weighted by Gasteiger charge is -2.38. The maximum absolute atomic E-state index is 12.2. The molecular formula is C25H30N4O5S2. The summed E-state index contributed by atoms with van der Waals surface area (Å²) in [5.74, 6) is -0.572. The molecule has 3 aliphatic heterocycles. The van der Waals surface area contributed by atoms with Crippen molar-refractivity contribution in [1.29, 1.82) is 0 Å². The minimum Gasteiger partial charge on any atom is -0.368 e. The molecule has 2 fully saturated rings. The van der Waals surface area contributed by atoms with Crippen molar-refractivity contribution in [2.75, 3.05) is 54.9 Å². The summed E-state index contributed by atoms with van der Waals surface area (Å²) in [7, 11) is -3.97. The Hall–Kier alpha value is -2.60. The van der Waals surface area contributed by atoms with Gasteiger partial charge in [-0.1, -0.05) is 32.0 Å². The van der Waals surface area contributed by atoms with Crippen LogP contribution >= 0.6 is 10.8 Å². The summed E-state index contributed by atoms with van der Waals surface area (Å²) in [6.45, 7) is 8.18. The quantitative estimate of drug-likeness (QED) is 0.345. The zero-order valence-electron chi connectivity index (χ0n) is 20.3. The molecule has 3 aliphatic rings. The van der Waals surface area contributed by atoms with Gasteiger partial charge in [-0.25, -0.2) is 0 Å². The van der Waals surface area contributed by atoms with Gasteiger partial charge in [-0.2, -0.15) is 8.42 Å². The third kappa shape index (κ3) is 4.49. The molecule has 5 rings (SSSR count). The molecule has 2 aromatic rings. The summed E-state index contributed by atoms with van der Waals surface area (Å²) < 4.78 is 36.9. The molecule has 1 amide bonds. The SMILES string of the molecule is CC1(C)c2ccccc2N2CCOC21C=Nc1ccc(N2CCN(C(=O)CSS(=O)(=O)O)CC2)cc1. The average molecular weight is 531 g/mol. The van der Waals surface area contributed by atoms with Gasteiger partial charge in [-0.3, -0.25) is 14.3 Å². The van der Waals surface area contributed by atoms with E-state index in [1.165, 1.54) is 11.3 Å². The summed E-state index contributed by atoms with van der Waals surface area (Å²) in [4.78, 5) is 23.1. The van der Waals surface area contributed by atoms with Crippen molar-refractivity contribution in [3.8, 4) is 0 Å². The zero-order valence-corrected chi connectivity index (χ0v) is 22.0. The molecule has 11 heteroatoms. The number of amides is 1. The number of aliphatic imine (C=N–C) groups is 1. The Morgan fingerprint density at radius 2 is 1.78 bits per heavy atom. The molecule has 0 aromatic heterocycles. The number of carbonyl (C=O) groups is 1. The standard InChI is InChI=1S/C25H30N4O5S2/c1-24(2)21-5-3-4-6-22(21)29-15-16-34-25(24,29)18-26-19-7-9-20(10-8-19)27-11-13-28(14-12-27)23(30)17-35-36(31,32)33/h3-10,18H,11-17H2,1-2H3,(H,31,32,33). The van der Waals surface area contributed by atoms with Gasteiger partial charge in [0.25, 0.3) is 0 Å². The Morgan fingerprint density at radius 1 is 1.08 bits per heavy atom. The van der Waals surface area contributed by atoms with E-state index in [2.05, 4.69) is 47.9 Å². The highest BCUT2D eigenvalue weighted by molar-refractivity contribution is 8.70. The molecule has 36 heavy (non-hydrogen) atoms. The Morgan fingerprint density at radius 3 is 2.47 bits per heavy atom. The third-order valence-corrected chi connectivity index (χ3v) is 9.28. The largest absolute Gasteiger partial charge is 0.368 e. The average Bonchev–Trinajstić information content (AvgIpc) is 3.38. The number of benzene rings is 2. The molecule has 192 valence electrons. The summed E-state index contributed by atoms with van der Waals surface area (Å²) in [5, 5.41) is 0. The first-order valence-electron chi connectivity index (χ1n) is 11.9. The first-order chi connectivity index (χ1) is 17.1. The molecule has 1 unspecified atom stereocenters. The highest BCUT2D eigenvalue weighted by Crippen LogP contribution is 2.53. The highest BCUT2D eigenvalue weighted by atomic mass is 33.1. The first-order valence-corrected chi connectivity index (χ1v) is 14.9. The fourth-order valence-electron chi connectivity index (χ4n) is 5.39. The number of carbonyl (C=O) groups excluding carboxylic acids is 1. The van der Waals surface area contributed by atoms with E-state index in [-0.39, 0.29) is 27.9 Å². The van der Waals surface area contributed by atoms with Crippen LogP contribution in [0, 0.1) is 0 Å². The molecule has 0 saturated carbocycles. The van der Waals surface area contributed by atoms with Crippen LogP contribution in [0.3, 0.4) is 0 Å². The molecular weight excluding hydrogens is 500 g/mol. The molecule has 9 nitrogen and oxygen atoms in total. The van der Waals surface area contributed by atoms with Gasteiger partial charge >= 0.3 is 9.15 Å². The molecule has 3 heterocycles. The van der Waals surface area contributed by atoms with Crippen LogP contribution in [-0.4, -0.2) is 80.8 Å². The Bertz CT molecular complexity index is 1270. The van der Waals surface area contributed by atoms with Crippen LogP contribution in [0.1, 0.15) is 19.4 Å². The lowest BCUT2D eigenvalue weighted by atomic mass is 9.78. The number of para-hydroxylation sites is 1. The number of ether oxygens (including phenoxy) is 1. The maximum atomic E-state index is 12.2. The number of hydrogen-bond donors (Lipinski definition) is 1. The summed E-state index contributed by atoms with van der Waals surface area (Å²) in [6, 6.07) is 16.5. The normalized spacial score (nSPS) is 23.2. The molecule has 2 aromatic carbocycles. The Kier molecular flexibility index (Phi) is 6.52. The second kappa shape index (κ2) is 9.37. The molecule has 1 N–H and O–H groups in total. The highest BCUT2D eigenvalue weighted by Gasteiger charge is 2.59. The van der Waals surface area contributed by atoms with E-state index in [0.29, 0.717) is 32.8 Å². The van der Waals surface area contributed by atoms with Gasteiger partial charge in [-0.15, -0.1) is 0 Å². The number of nitrogens with zero attached hydrogens (tertiary/aromatic N) is 4. The van der Waals surface area contributed by atoms with Crippen molar-refractivity contribution >= 4 is 49.1 Å². The predicted octanol–water partition coefficient (Wildman–Crippen LogP) is 3.10. The van der Waals surface area contributed by atoms with Gasteiger partial charge in [0.1, 0.15) is 0 Å². The number of piperazine rings is 1.